The Morgan fingerprint density at radius 1 is 1.50 bits per heavy atom. The van der Waals surface area contributed by atoms with Crippen LogP contribution in [0.15, 0.2) is 24.3 Å². The largest absolute Gasteiger partial charge is 0.468 e. The molecule has 0 aliphatic carbocycles. The fourth-order valence-corrected chi connectivity index (χ4v) is 1.58. The maximum absolute atomic E-state index is 11.1. The normalized spacial score (nSPS) is 14.2. The topological polar surface area (TPSA) is 72.5 Å². The molecule has 1 rings (SSSR count). The van der Waals surface area contributed by atoms with E-state index in [1.54, 1.807) is 0 Å². The van der Waals surface area contributed by atoms with Crippen LogP contribution in [0.25, 0.3) is 0 Å². The Hall–Kier alpha value is -1.39. The van der Waals surface area contributed by atoms with Crippen molar-refractivity contribution in [1.29, 1.82) is 0 Å². The number of methoxy groups -OCH3 is 1. The van der Waals surface area contributed by atoms with Gasteiger partial charge in [0.1, 0.15) is 6.04 Å². The summed E-state index contributed by atoms with van der Waals surface area (Å²) in [6, 6.07) is 6.67. The highest BCUT2D eigenvalue weighted by atomic mass is 16.5. The minimum atomic E-state index is -0.792. The summed E-state index contributed by atoms with van der Waals surface area (Å²) < 4.78 is 4.50. The van der Waals surface area contributed by atoms with Crippen molar-refractivity contribution < 1.29 is 14.6 Å². The molecule has 0 aromatic heterocycles. The number of benzene rings is 1. The van der Waals surface area contributed by atoms with Crippen LogP contribution in [0, 0.1) is 6.92 Å². The van der Waals surface area contributed by atoms with Crippen LogP contribution in [0.2, 0.25) is 0 Å². The van der Waals surface area contributed by atoms with Crippen molar-refractivity contribution in [2.45, 2.75) is 25.5 Å². The number of esters is 1. The van der Waals surface area contributed by atoms with Crippen molar-refractivity contribution in [3.05, 3.63) is 35.4 Å². The number of carbonyl (C=O) groups excluding carboxylic acids is 1. The van der Waals surface area contributed by atoms with Crippen molar-refractivity contribution in [2.75, 3.05) is 7.11 Å². The smallest absolute Gasteiger partial charge is 0.322 e. The molecule has 3 N–H and O–H groups in total. The number of carbonyl (C=O) groups is 1. The Bertz CT molecular complexity index is 365. The van der Waals surface area contributed by atoms with Gasteiger partial charge in [-0.15, -0.1) is 0 Å². The van der Waals surface area contributed by atoms with Gasteiger partial charge in [-0.25, -0.2) is 0 Å². The van der Waals surface area contributed by atoms with Gasteiger partial charge in [-0.3, -0.25) is 4.79 Å². The van der Waals surface area contributed by atoms with Gasteiger partial charge in [0.25, 0.3) is 0 Å². The van der Waals surface area contributed by atoms with E-state index >= 15 is 0 Å². The minimum absolute atomic E-state index is 0.164. The first-order valence-electron chi connectivity index (χ1n) is 5.13. The van der Waals surface area contributed by atoms with Crippen LogP contribution in [0.5, 0.6) is 0 Å². The zero-order valence-corrected chi connectivity index (χ0v) is 9.51. The fraction of sp³-hybridized carbons (Fsp3) is 0.417. The molecular formula is C12H17NO3. The Balaban J connectivity index is 2.69. The summed E-state index contributed by atoms with van der Waals surface area (Å²) in [5.74, 6) is -0.507. The van der Waals surface area contributed by atoms with E-state index in [0.29, 0.717) is 0 Å². The summed E-state index contributed by atoms with van der Waals surface area (Å²) in [5, 5.41) is 9.93. The zero-order chi connectivity index (χ0) is 12.1. The molecule has 0 amide bonds. The molecule has 1 aromatic rings. The summed E-state index contributed by atoms with van der Waals surface area (Å²) in [6.45, 7) is 1.90. The molecular weight excluding hydrogens is 206 g/mol. The van der Waals surface area contributed by atoms with E-state index in [0.717, 1.165) is 11.1 Å². The lowest BCUT2D eigenvalue weighted by Crippen LogP contribution is -2.33. The molecule has 0 aliphatic rings. The third-order valence-electron chi connectivity index (χ3n) is 2.53. The van der Waals surface area contributed by atoms with Gasteiger partial charge < -0.3 is 15.6 Å². The third kappa shape index (κ3) is 3.05. The number of rotatable bonds is 4. The lowest BCUT2D eigenvalue weighted by molar-refractivity contribution is -0.142. The van der Waals surface area contributed by atoms with Gasteiger partial charge in [0.05, 0.1) is 13.2 Å². The molecule has 0 saturated carbocycles. The monoisotopic (exact) mass is 223 g/mol. The summed E-state index contributed by atoms with van der Waals surface area (Å²) >= 11 is 0. The van der Waals surface area contributed by atoms with Gasteiger partial charge in [-0.05, 0) is 18.1 Å². The quantitative estimate of drug-likeness (QED) is 0.744. The number of ether oxygens (including phenoxy) is 1. The van der Waals surface area contributed by atoms with E-state index < -0.39 is 18.1 Å². The van der Waals surface area contributed by atoms with E-state index in [1.807, 2.05) is 31.2 Å². The lowest BCUT2D eigenvalue weighted by Gasteiger charge is -2.16. The van der Waals surface area contributed by atoms with E-state index in [9.17, 15) is 9.90 Å². The van der Waals surface area contributed by atoms with Crippen molar-refractivity contribution in [2.24, 2.45) is 5.73 Å². The molecule has 16 heavy (non-hydrogen) atoms. The first-order valence-corrected chi connectivity index (χ1v) is 5.13. The molecule has 0 bridgehead atoms. The average Bonchev–Trinajstić information content (AvgIpc) is 2.28. The number of hydrogen-bond acceptors (Lipinski definition) is 4. The maximum Gasteiger partial charge on any atom is 0.322 e. The third-order valence-corrected chi connectivity index (χ3v) is 2.53. The van der Waals surface area contributed by atoms with Gasteiger partial charge in [0, 0.05) is 6.42 Å². The fourth-order valence-electron chi connectivity index (χ4n) is 1.58. The predicted molar refractivity (Wildman–Crippen MR) is 60.7 cm³/mol. The van der Waals surface area contributed by atoms with Gasteiger partial charge in [0.2, 0.25) is 0 Å². The Morgan fingerprint density at radius 2 is 2.12 bits per heavy atom. The molecule has 0 heterocycles. The van der Waals surface area contributed by atoms with E-state index in [-0.39, 0.29) is 6.42 Å². The molecule has 0 aliphatic heterocycles. The van der Waals surface area contributed by atoms with Gasteiger partial charge >= 0.3 is 5.97 Å². The molecule has 2 atom stereocenters. The van der Waals surface area contributed by atoms with E-state index in [4.69, 9.17) is 5.73 Å². The highest BCUT2D eigenvalue weighted by molar-refractivity contribution is 5.75. The summed E-state index contributed by atoms with van der Waals surface area (Å²) in [4.78, 5) is 11.1. The van der Waals surface area contributed by atoms with Gasteiger partial charge in [-0.2, -0.15) is 0 Å². The molecule has 0 spiro atoms. The lowest BCUT2D eigenvalue weighted by atomic mass is 9.98. The second kappa shape index (κ2) is 5.63. The zero-order valence-electron chi connectivity index (χ0n) is 9.51. The van der Waals surface area contributed by atoms with Crippen LogP contribution < -0.4 is 5.73 Å². The van der Waals surface area contributed by atoms with Gasteiger partial charge in [-0.1, -0.05) is 24.3 Å². The van der Waals surface area contributed by atoms with Crippen LogP contribution in [-0.2, 0) is 9.53 Å². The van der Waals surface area contributed by atoms with Crippen LogP contribution in [-0.4, -0.2) is 24.2 Å². The Labute approximate surface area is 95.0 Å². The first kappa shape index (κ1) is 12.7. The van der Waals surface area contributed by atoms with Crippen LogP contribution in [0.1, 0.15) is 23.7 Å². The molecule has 0 saturated heterocycles. The maximum atomic E-state index is 11.1. The average molecular weight is 223 g/mol. The summed E-state index contributed by atoms with van der Waals surface area (Å²) in [5.41, 5.74) is 7.35. The van der Waals surface area contributed by atoms with Crippen molar-refractivity contribution in [3.8, 4) is 0 Å². The second-order valence-corrected chi connectivity index (χ2v) is 3.74. The highest BCUT2D eigenvalue weighted by Crippen LogP contribution is 2.21. The molecule has 4 heteroatoms. The van der Waals surface area contributed by atoms with Crippen LogP contribution in [0.3, 0.4) is 0 Å². The van der Waals surface area contributed by atoms with Crippen molar-refractivity contribution in [3.63, 3.8) is 0 Å². The number of nitrogens with two attached hydrogens (primary N) is 1. The predicted octanol–water partition coefficient (Wildman–Crippen LogP) is 0.919. The Morgan fingerprint density at radius 3 is 2.69 bits per heavy atom. The van der Waals surface area contributed by atoms with Crippen molar-refractivity contribution in [1.82, 2.24) is 0 Å². The first-order chi connectivity index (χ1) is 7.56. The van der Waals surface area contributed by atoms with Crippen LogP contribution >= 0.6 is 0 Å². The van der Waals surface area contributed by atoms with E-state index in [1.165, 1.54) is 7.11 Å². The summed E-state index contributed by atoms with van der Waals surface area (Å²) in [7, 11) is 1.28. The summed E-state index contributed by atoms with van der Waals surface area (Å²) in [6.07, 6.45) is -0.576. The van der Waals surface area contributed by atoms with Crippen molar-refractivity contribution >= 4 is 5.97 Å². The molecule has 0 radical (unpaired) electrons. The van der Waals surface area contributed by atoms with E-state index in [2.05, 4.69) is 4.74 Å². The highest BCUT2D eigenvalue weighted by Gasteiger charge is 2.20. The number of aliphatic hydroxyl groups excluding tert-OH is 1. The molecule has 0 fully saturated rings. The van der Waals surface area contributed by atoms with Crippen LogP contribution in [0.4, 0.5) is 0 Å². The molecule has 1 aromatic carbocycles. The van der Waals surface area contributed by atoms with Gasteiger partial charge in [0.15, 0.2) is 0 Å². The number of aryl methyl sites for hydroxylation is 1. The molecule has 4 nitrogen and oxygen atoms in total. The Kier molecular flexibility index (Phi) is 4.46. The second-order valence-electron chi connectivity index (χ2n) is 3.74. The molecule has 88 valence electrons. The standard InChI is InChI=1S/C12H17NO3/c1-8-5-3-4-6-9(8)11(14)7-10(13)12(15)16-2/h3-6,10-11,14H,7,13H2,1-2H3. The number of aliphatic hydroxyl groups is 1. The molecule has 2 unspecified atom stereocenters. The SMILES string of the molecule is COC(=O)C(N)CC(O)c1ccccc1C. The minimum Gasteiger partial charge on any atom is -0.468 e. The number of hydrogen-bond donors (Lipinski definition) is 2.